The monoisotopic (exact) mass is 386 g/mol. The fraction of sp³-hybridized carbons (Fsp3) is 0.421. The zero-order valence-corrected chi connectivity index (χ0v) is 16.6. The van der Waals surface area contributed by atoms with Crippen LogP contribution in [0.15, 0.2) is 40.1 Å². The van der Waals surface area contributed by atoms with Crippen molar-refractivity contribution >= 4 is 34.3 Å². The average Bonchev–Trinajstić information content (AvgIpc) is 3.40. The predicted octanol–water partition coefficient (Wildman–Crippen LogP) is 3.97. The number of hydrogen-bond acceptors (Lipinski definition) is 6. The molecule has 3 heterocycles. The molecule has 0 fully saturated rings. The van der Waals surface area contributed by atoms with Crippen molar-refractivity contribution in [2.24, 2.45) is 11.0 Å². The lowest BCUT2D eigenvalue weighted by Gasteiger charge is -2.26. The van der Waals surface area contributed by atoms with E-state index in [1.165, 1.54) is 0 Å². The summed E-state index contributed by atoms with van der Waals surface area (Å²) in [7, 11) is 0. The summed E-state index contributed by atoms with van der Waals surface area (Å²) in [5.41, 5.74) is 0.972. The summed E-state index contributed by atoms with van der Waals surface area (Å²) in [6, 6.07) is 10.3. The molecule has 1 aliphatic heterocycles. The van der Waals surface area contributed by atoms with Gasteiger partial charge in [0, 0.05) is 17.8 Å². The molecule has 2 unspecified atom stereocenters. The number of amides is 1. The Morgan fingerprint density at radius 1 is 1.42 bits per heavy atom. The van der Waals surface area contributed by atoms with Crippen molar-refractivity contribution in [3.8, 4) is 6.07 Å². The molecule has 0 bridgehead atoms. The zero-order valence-electron chi connectivity index (χ0n) is 15.0. The van der Waals surface area contributed by atoms with Gasteiger partial charge < -0.3 is 0 Å². The first-order valence-corrected chi connectivity index (χ1v) is 10.5. The second kappa shape index (κ2) is 8.58. The van der Waals surface area contributed by atoms with Crippen LogP contribution in [0.5, 0.6) is 0 Å². The average molecular weight is 387 g/mol. The maximum Gasteiger partial charge on any atom is 0.257 e. The molecule has 5 nitrogen and oxygen atoms in total. The van der Waals surface area contributed by atoms with Gasteiger partial charge in [-0.25, -0.2) is 5.01 Å². The lowest BCUT2D eigenvalue weighted by atomic mass is 10.1. The number of carbonyl (C=O) groups excluding carboxylic acids is 1. The highest BCUT2D eigenvalue weighted by atomic mass is 32.1. The van der Waals surface area contributed by atoms with Gasteiger partial charge in [0.05, 0.1) is 35.2 Å². The highest BCUT2D eigenvalue weighted by molar-refractivity contribution is 7.12. The van der Waals surface area contributed by atoms with Gasteiger partial charge in [-0.15, -0.1) is 22.7 Å². The van der Waals surface area contributed by atoms with Gasteiger partial charge in [-0.2, -0.15) is 10.4 Å². The molecule has 3 rings (SSSR count). The molecule has 26 heavy (non-hydrogen) atoms. The van der Waals surface area contributed by atoms with E-state index in [0.717, 1.165) is 28.4 Å². The number of carbonyl (C=O) groups is 1. The Balaban J connectivity index is 1.79. The van der Waals surface area contributed by atoms with Crippen LogP contribution in [0.3, 0.4) is 0 Å². The van der Waals surface area contributed by atoms with Gasteiger partial charge in [-0.05, 0) is 36.4 Å². The van der Waals surface area contributed by atoms with Crippen LogP contribution >= 0.6 is 22.7 Å². The van der Waals surface area contributed by atoms with Crippen molar-refractivity contribution in [1.82, 2.24) is 9.91 Å². The lowest BCUT2D eigenvalue weighted by Crippen LogP contribution is -2.39. The van der Waals surface area contributed by atoms with Crippen LogP contribution in [-0.4, -0.2) is 41.2 Å². The molecule has 0 aromatic carbocycles. The first kappa shape index (κ1) is 18.8. The Morgan fingerprint density at radius 3 is 2.81 bits per heavy atom. The minimum Gasteiger partial charge on any atom is -0.293 e. The van der Waals surface area contributed by atoms with E-state index < -0.39 is 0 Å². The summed E-state index contributed by atoms with van der Waals surface area (Å²) in [4.78, 5) is 17.3. The van der Waals surface area contributed by atoms with Crippen LogP contribution in [0, 0.1) is 17.2 Å². The van der Waals surface area contributed by atoms with E-state index in [1.807, 2.05) is 41.6 Å². The quantitative estimate of drug-likeness (QED) is 0.723. The van der Waals surface area contributed by atoms with E-state index in [9.17, 15) is 4.79 Å². The molecule has 2 atom stereocenters. The summed E-state index contributed by atoms with van der Waals surface area (Å²) < 4.78 is 0. The van der Waals surface area contributed by atoms with Crippen LogP contribution in [0.25, 0.3) is 0 Å². The van der Waals surface area contributed by atoms with E-state index in [0.29, 0.717) is 6.54 Å². The van der Waals surface area contributed by atoms with Crippen molar-refractivity contribution in [2.75, 3.05) is 19.6 Å². The molecule has 0 aliphatic carbocycles. The summed E-state index contributed by atoms with van der Waals surface area (Å²) in [5.74, 6) is -0.110. The minimum absolute atomic E-state index is 0.0121. The summed E-state index contributed by atoms with van der Waals surface area (Å²) in [6.07, 6.45) is 0.744. The van der Waals surface area contributed by atoms with E-state index in [-0.39, 0.29) is 24.4 Å². The smallest absolute Gasteiger partial charge is 0.257 e. The summed E-state index contributed by atoms with van der Waals surface area (Å²) in [5, 5.41) is 19.4. The molecule has 7 heteroatoms. The van der Waals surface area contributed by atoms with Crippen LogP contribution < -0.4 is 0 Å². The molecular weight excluding hydrogens is 364 g/mol. The summed E-state index contributed by atoms with van der Waals surface area (Å²) in [6.45, 7) is 5.50. The van der Waals surface area contributed by atoms with Crippen molar-refractivity contribution < 1.29 is 4.79 Å². The Bertz CT molecular complexity index is 792. The third kappa shape index (κ3) is 4.21. The predicted molar refractivity (Wildman–Crippen MR) is 106 cm³/mol. The first-order valence-electron chi connectivity index (χ1n) is 8.71. The Kier molecular flexibility index (Phi) is 6.20. The maximum atomic E-state index is 13.0. The number of nitriles is 1. The SMILES string of the molecule is CCN(CC(=O)N1N=C(c2cccs2)CC1c1cccs1)CC(C)C#N. The minimum atomic E-state index is -0.0976. The van der Waals surface area contributed by atoms with Gasteiger partial charge in [0.15, 0.2) is 0 Å². The van der Waals surface area contributed by atoms with Crippen LogP contribution in [0.4, 0.5) is 0 Å². The van der Waals surface area contributed by atoms with E-state index in [2.05, 4.69) is 23.3 Å². The summed E-state index contributed by atoms with van der Waals surface area (Å²) >= 11 is 3.31. The normalized spacial score (nSPS) is 18.0. The van der Waals surface area contributed by atoms with Gasteiger partial charge in [-0.1, -0.05) is 19.1 Å². The Labute approximate surface area is 162 Å². The first-order chi connectivity index (χ1) is 12.6. The molecule has 0 spiro atoms. The molecule has 0 radical (unpaired) electrons. The third-order valence-corrected chi connectivity index (χ3v) is 6.29. The van der Waals surface area contributed by atoms with E-state index in [1.54, 1.807) is 27.7 Å². The van der Waals surface area contributed by atoms with Gasteiger partial charge in [-0.3, -0.25) is 9.69 Å². The van der Waals surface area contributed by atoms with E-state index in [4.69, 9.17) is 5.26 Å². The highest BCUT2D eigenvalue weighted by Crippen LogP contribution is 2.35. The fourth-order valence-electron chi connectivity index (χ4n) is 3.03. The van der Waals surface area contributed by atoms with Crippen molar-refractivity contribution in [3.05, 3.63) is 44.8 Å². The molecular formula is C19H22N4OS2. The second-order valence-electron chi connectivity index (χ2n) is 6.36. The molecule has 1 amide bonds. The fourth-order valence-corrected chi connectivity index (χ4v) is 4.56. The maximum absolute atomic E-state index is 13.0. The van der Waals surface area contributed by atoms with Gasteiger partial charge in [0.25, 0.3) is 5.91 Å². The molecule has 0 saturated carbocycles. The number of nitrogens with zero attached hydrogens (tertiary/aromatic N) is 4. The molecule has 2 aromatic rings. The number of likely N-dealkylation sites (N-methyl/N-ethyl adjacent to an activating group) is 1. The molecule has 0 saturated heterocycles. The molecule has 0 N–H and O–H groups in total. The van der Waals surface area contributed by atoms with Gasteiger partial charge >= 0.3 is 0 Å². The third-order valence-electron chi connectivity index (χ3n) is 4.40. The standard InChI is InChI=1S/C19H22N4OS2/c1-3-22(12-14(2)11-20)13-19(24)23-16(18-7-5-9-26-18)10-15(21-23)17-6-4-8-25-17/h4-9,14,16H,3,10,12-13H2,1-2H3. The Morgan fingerprint density at radius 2 is 2.19 bits per heavy atom. The zero-order chi connectivity index (χ0) is 18.5. The topological polar surface area (TPSA) is 59.7 Å². The van der Waals surface area contributed by atoms with Crippen molar-refractivity contribution in [3.63, 3.8) is 0 Å². The molecule has 136 valence electrons. The Hall–Kier alpha value is -2.01. The number of hydrazone groups is 1. The van der Waals surface area contributed by atoms with Gasteiger partial charge in [0.1, 0.15) is 0 Å². The lowest BCUT2D eigenvalue weighted by molar-refractivity contribution is -0.134. The number of thiophene rings is 2. The van der Waals surface area contributed by atoms with Crippen molar-refractivity contribution in [2.45, 2.75) is 26.3 Å². The second-order valence-corrected chi connectivity index (χ2v) is 8.28. The number of hydrogen-bond donors (Lipinski definition) is 0. The van der Waals surface area contributed by atoms with E-state index >= 15 is 0 Å². The van der Waals surface area contributed by atoms with Crippen LogP contribution in [0.1, 0.15) is 36.1 Å². The molecule has 1 aliphatic rings. The van der Waals surface area contributed by atoms with Crippen LogP contribution in [-0.2, 0) is 4.79 Å². The van der Waals surface area contributed by atoms with Crippen LogP contribution in [0.2, 0.25) is 0 Å². The number of rotatable bonds is 7. The van der Waals surface area contributed by atoms with Crippen molar-refractivity contribution in [1.29, 1.82) is 5.26 Å². The highest BCUT2D eigenvalue weighted by Gasteiger charge is 2.34. The molecule has 2 aromatic heterocycles. The van der Waals surface area contributed by atoms with Gasteiger partial charge in [0.2, 0.25) is 0 Å². The largest absolute Gasteiger partial charge is 0.293 e.